The largest absolute Gasteiger partial charge is 0.494 e. The highest BCUT2D eigenvalue weighted by Gasteiger charge is 2.23. The summed E-state index contributed by atoms with van der Waals surface area (Å²) in [5.41, 5.74) is 3.78. The fourth-order valence-corrected chi connectivity index (χ4v) is 2.17. The Morgan fingerprint density at radius 3 is 2.05 bits per heavy atom. The van der Waals surface area contributed by atoms with E-state index in [0.29, 0.717) is 5.92 Å². The zero-order valence-corrected chi connectivity index (χ0v) is 14.4. The molecule has 0 amide bonds. The minimum atomic E-state index is -0.221. The van der Waals surface area contributed by atoms with Gasteiger partial charge in [0.1, 0.15) is 0 Å². The van der Waals surface area contributed by atoms with Crippen LogP contribution in [-0.2, 0) is 9.31 Å². The van der Waals surface area contributed by atoms with E-state index in [-0.39, 0.29) is 7.12 Å². The number of rotatable bonds is 10. The lowest BCUT2D eigenvalue weighted by Gasteiger charge is -2.18. The molecule has 0 aliphatic carbocycles. The van der Waals surface area contributed by atoms with Crippen molar-refractivity contribution in [3.8, 4) is 0 Å². The quantitative estimate of drug-likeness (QED) is 0.468. The van der Waals surface area contributed by atoms with E-state index in [4.69, 9.17) is 9.31 Å². The number of hydrogen-bond donors (Lipinski definition) is 0. The molecule has 1 rings (SSSR count). The molecule has 118 valence electrons. The molecule has 0 atom stereocenters. The Morgan fingerprint density at radius 1 is 1.00 bits per heavy atom. The highest BCUT2D eigenvalue weighted by Crippen LogP contribution is 2.14. The molecule has 0 aliphatic rings. The van der Waals surface area contributed by atoms with Crippen LogP contribution in [0.5, 0.6) is 0 Å². The molecular weight excluding hydrogens is 259 g/mol. The first-order valence-electron chi connectivity index (χ1n) is 8.43. The van der Waals surface area contributed by atoms with Crippen molar-refractivity contribution < 1.29 is 9.31 Å². The first-order valence-corrected chi connectivity index (χ1v) is 8.43. The Morgan fingerprint density at radius 2 is 1.57 bits per heavy atom. The van der Waals surface area contributed by atoms with Crippen LogP contribution in [0.3, 0.4) is 0 Å². The molecule has 2 nitrogen and oxygen atoms in total. The van der Waals surface area contributed by atoms with Crippen LogP contribution in [0.15, 0.2) is 18.2 Å². The Bertz CT molecular complexity index is 394. The first kappa shape index (κ1) is 18.3. The molecule has 0 heterocycles. The van der Waals surface area contributed by atoms with Crippen LogP contribution in [0.2, 0.25) is 0 Å². The van der Waals surface area contributed by atoms with Gasteiger partial charge in [-0.3, -0.25) is 0 Å². The lowest BCUT2D eigenvalue weighted by molar-refractivity contribution is 0.202. The van der Waals surface area contributed by atoms with Gasteiger partial charge in [0.2, 0.25) is 0 Å². The highest BCUT2D eigenvalue weighted by molar-refractivity contribution is 6.61. The summed E-state index contributed by atoms with van der Waals surface area (Å²) in [6, 6.07) is 6.64. The average Bonchev–Trinajstić information content (AvgIpc) is 2.46. The third-order valence-corrected chi connectivity index (χ3v) is 3.76. The minimum absolute atomic E-state index is 0.221. The summed E-state index contributed by atoms with van der Waals surface area (Å²) >= 11 is 0. The maximum absolute atomic E-state index is 6.01. The van der Waals surface area contributed by atoms with E-state index in [2.05, 4.69) is 52.8 Å². The second-order valence-corrected chi connectivity index (χ2v) is 6.05. The Kier molecular flexibility index (Phi) is 8.71. The molecule has 0 N–H and O–H groups in total. The summed E-state index contributed by atoms with van der Waals surface area (Å²) < 4.78 is 12.0. The van der Waals surface area contributed by atoms with Crippen molar-refractivity contribution in [3.05, 3.63) is 29.3 Å². The molecule has 21 heavy (non-hydrogen) atoms. The van der Waals surface area contributed by atoms with Gasteiger partial charge in [0, 0.05) is 13.2 Å². The van der Waals surface area contributed by atoms with Crippen molar-refractivity contribution in [1.29, 1.82) is 0 Å². The zero-order chi connectivity index (χ0) is 15.7. The van der Waals surface area contributed by atoms with Crippen molar-refractivity contribution >= 4 is 12.6 Å². The normalized spacial score (nSPS) is 11.1. The van der Waals surface area contributed by atoms with Crippen LogP contribution in [0.4, 0.5) is 0 Å². The van der Waals surface area contributed by atoms with Gasteiger partial charge in [0.25, 0.3) is 0 Å². The fraction of sp³-hybridized carbons (Fsp3) is 0.667. The van der Waals surface area contributed by atoms with Crippen molar-refractivity contribution in [2.45, 2.75) is 66.2 Å². The lowest BCUT2D eigenvalue weighted by Crippen LogP contribution is -2.39. The van der Waals surface area contributed by atoms with Gasteiger partial charge in [-0.15, -0.1) is 0 Å². The topological polar surface area (TPSA) is 18.5 Å². The summed E-state index contributed by atoms with van der Waals surface area (Å²) in [5, 5.41) is 0. The Balaban J connectivity index is 2.86. The van der Waals surface area contributed by atoms with Gasteiger partial charge in [0.05, 0.1) is 0 Å². The van der Waals surface area contributed by atoms with E-state index in [9.17, 15) is 0 Å². The van der Waals surface area contributed by atoms with Gasteiger partial charge < -0.3 is 9.31 Å². The molecule has 0 unspecified atom stereocenters. The maximum Gasteiger partial charge on any atom is 0.494 e. The molecule has 0 saturated heterocycles. The summed E-state index contributed by atoms with van der Waals surface area (Å²) in [6.45, 7) is 12.5. The van der Waals surface area contributed by atoms with Crippen LogP contribution < -0.4 is 5.46 Å². The van der Waals surface area contributed by atoms with Crippen LogP contribution in [0, 0.1) is 6.92 Å². The van der Waals surface area contributed by atoms with Crippen LogP contribution in [0.1, 0.15) is 70.4 Å². The first-order chi connectivity index (χ1) is 10.1. The van der Waals surface area contributed by atoms with Crippen LogP contribution in [-0.4, -0.2) is 20.3 Å². The molecule has 0 spiro atoms. The SMILES string of the molecule is CCCCOB(OCCCC)c1cc(C(C)C)ccc1C. The number of benzene rings is 1. The van der Waals surface area contributed by atoms with Gasteiger partial charge >= 0.3 is 7.12 Å². The summed E-state index contributed by atoms with van der Waals surface area (Å²) in [4.78, 5) is 0. The van der Waals surface area contributed by atoms with Gasteiger partial charge in [0.15, 0.2) is 0 Å². The zero-order valence-electron chi connectivity index (χ0n) is 14.4. The fourth-order valence-electron chi connectivity index (χ4n) is 2.17. The highest BCUT2D eigenvalue weighted by atomic mass is 16.6. The molecule has 0 fully saturated rings. The molecule has 0 saturated carbocycles. The van der Waals surface area contributed by atoms with E-state index in [1.165, 1.54) is 16.6 Å². The summed E-state index contributed by atoms with van der Waals surface area (Å²) in [5.74, 6) is 0.524. The standard InChI is InChI=1S/C18H31BO2/c1-6-8-12-20-19(21-13-9-7-2)18-14-17(15(3)4)11-10-16(18)5/h10-11,14-15H,6-9,12-13H2,1-5H3. The molecule has 0 radical (unpaired) electrons. The van der Waals surface area contributed by atoms with Gasteiger partial charge in [-0.2, -0.15) is 0 Å². The van der Waals surface area contributed by atoms with E-state index in [1.807, 2.05) is 0 Å². The maximum atomic E-state index is 6.01. The Hall–Kier alpha value is -0.795. The third-order valence-electron chi connectivity index (χ3n) is 3.76. The number of aryl methyl sites for hydroxylation is 1. The predicted octanol–water partition coefficient (Wildman–Crippen LogP) is 4.45. The summed E-state index contributed by atoms with van der Waals surface area (Å²) in [7, 11) is -0.221. The van der Waals surface area contributed by atoms with E-state index in [1.54, 1.807) is 0 Å². The number of hydrogen-bond acceptors (Lipinski definition) is 2. The smallest absolute Gasteiger partial charge is 0.407 e. The molecule has 0 aliphatic heterocycles. The Labute approximate surface area is 131 Å². The van der Waals surface area contributed by atoms with Crippen molar-refractivity contribution in [3.63, 3.8) is 0 Å². The number of unbranched alkanes of at least 4 members (excludes halogenated alkanes) is 2. The molecule has 0 bridgehead atoms. The molecular formula is C18H31BO2. The molecule has 0 aromatic heterocycles. The average molecular weight is 290 g/mol. The minimum Gasteiger partial charge on any atom is -0.407 e. The second kappa shape index (κ2) is 10.0. The molecule has 1 aromatic carbocycles. The monoisotopic (exact) mass is 290 g/mol. The van der Waals surface area contributed by atoms with Gasteiger partial charge in [-0.1, -0.05) is 64.3 Å². The molecule has 1 aromatic rings. The van der Waals surface area contributed by atoms with Crippen molar-refractivity contribution in [2.24, 2.45) is 0 Å². The van der Waals surface area contributed by atoms with Crippen LogP contribution in [0.25, 0.3) is 0 Å². The predicted molar refractivity (Wildman–Crippen MR) is 92.4 cm³/mol. The van der Waals surface area contributed by atoms with Gasteiger partial charge in [-0.05, 0) is 36.7 Å². The molecule has 3 heteroatoms. The van der Waals surface area contributed by atoms with E-state index >= 15 is 0 Å². The van der Waals surface area contributed by atoms with Crippen molar-refractivity contribution in [2.75, 3.05) is 13.2 Å². The van der Waals surface area contributed by atoms with Crippen molar-refractivity contribution in [1.82, 2.24) is 0 Å². The van der Waals surface area contributed by atoms with E-state index < -0.39 is 0 Å². The third kappa shape index (κ3) is 6.23. The summed E-state index contributed by atoms with van der Waals surface area (Å²) in [6.07, 6.45) is 4.45. The van der Waals surface area contributed by atoms with E-state index in [0.717, 1.165) is 38.9 Å². The van der Waals surface area contributed by atoms with Crippen LogP contribution >= 0.6 is 0 Å². The second-order valence-electron chi connectivity index (χ2n) is 6.05. The lowest BCUT2D eigenvalue weighted by atomic mass is 9.74. The van der Waals surface area contributed by atoms with Gasteiger partial charge in [-0.25, -0.2) is 0 Å².